The lowest BCUT2D eigenvalue weighted by molar-refractivity contribution is -0.138. The molecule has 0 aliphatic carbocycles. The number of amides is 1. The van der Waals surface area contributed by atoms with Crippen molar-refractivity contribution in [2.24, 2.45) is 5.92 Å². The maximum Gasteiger partial charge on any atom is 0.229 e. The summed E-state index contributed by atoms with van der Waals surface area (Å²) in [5.41, 5.74) is 3.54. The Morgan fingerprint density at radius 3 is 2.71 bits per heavy atom. The number of aromatic nitrogens is 2. The summed E-state index contributed by atoms with van der Waals surface area (Å²) < 4.78 is 5.86. The van der Waals surface area contributed by atoms with E-state index in [9.17, 15) is 4.79 Å². The van der Waals surface area contributed by atoms with Crippen LogP contribution in [0.2, 0.25) is 0 Å². The molecule has 0 unspecified atom stereocenters. The van der Waals surface area contributed by atoms with Crippen molar-refractivity contribution >= 4 is 45.0 Å². The Bertz CT molecular complexity index is 978. The van der Waals surface area contributed by atoms with Crippen molar-refractivity contribution in [3.63, 3.8) is 0 Å². The van der Waals surface area contributed by atoms with Crippen molar-refractivity contribution in [3.8, 4) is 0 Å². The number of carbonyl (C=O) groups excluding carboxylic acids is 1. The van der Waals surface area contributed by atoms with Gasteiger partial charge in [-0.25, -0.2) is 4.98 Å². The molecule has 4 rings (SSSR count). The lowest BCUT2D eigenvalue weighted by atomic mass is 10.1. The smallest absolute Gasteiger partial charge is 0.229 e. The first-order valence-electron chi connectivity index (χ1n) is 12.0. The van der Waals surface area contributed by atoms with Crippen LogP contribution in [0.1, 0.15) is 18.9 Å². The van der Waals surface area contributed by atoms with Crippen LogP contribution >= 0.6 is 15.9 Å². The second kappa shape index (κ2) is 11.8. The topological polar surface area (TPSA) is 94.7 Å². The van der Waals surface area contributed by atoms with Crippen molar-refractivity contribution in [1.82, 2.24) is 20.2 Å². The number of rotatable bonds is 10. The molecule has 0 atom stereocenters. The molecule has 2 aliphatic heterocycles. The number of hydrogen-bond donors (Lipinski definition) is 3. The SMILES string of the molecule is CCc1cc(N2CCN(C)CC2)ccc1Nc1ncc(Br)c(NCCCNC(=O)C2COC2)n1. The Balaban J connectivity index is 1.32. The molecule has 34 heavy (non-hydrogen) atoms. The summed E-state index contributed by atoms with van der Waals surface area (Å²) in [6.45, 7) is 8.83. The van der Waals surface area contributed by atoms with Gasteiger partial charge < -0.3 is 30.5 Å². The monoisotopic (exact) mass is 531 g/mol. The zero-order valence-corrected chi connectivity index (χ0v) is 21.5. The summed E-state index contributed by atoms with van der Waals surface area (Å²) >= 11 is 3.52. The van der Waals surface area contributed by atoms with Gasteiger partial charge in [0, 0.05) is 56.8 Å². The standard InChI is InChI=1S/C24H34BrN7O2/c1-3-17-13-19(32-11-9-31(2)10-12-32)5-6-21(17)29-24-28-14-20(25)22(30-24)26-7-4-8-27-23(33)18-15-34-16-18/h5-6,13-14,18H,3-4,7-12,15-16H2,1-2H3,(H,27,33)(H2,26,28,29,30). The summed E-state index contributed by atoms with van der Waals surface area (Å²) in [4.78, 5) is 25.8. The van der Waals surface area contributed by atoms with Gasteiger partial charge in [-0.1, -0.05) is 6.92 Å². The normalized spacial score (nSPS) is 16.7. The number of carbonyl (C=O) groups is 1. The lowest BCUT2D eigenvalue weighted by Gasteiger charge is -2.34. The van der Waals surface area contributed by atoms with E-state index in [-0.39, 0.29) is 11.8 Å². The fourth-order valence-electron chi connectivity index (χ4n) is 3.97. The largest absolute Gasteiger partial charge is 0.380 e. The molecule has 2 saturated heterocycles. The average molecular weight is 532 g/mol. The van der Waals surface area contributed by atoms with Gasteiger partial charge in [0.15, 0.2) is 0 Å². The Labute approximate surface area is 209 Å². The van der Waals surface area contributed by atoms with Crippen LogP contribution in [0.5, 0.6) is 0 Å². The van der Waals surface area contributed by atoms with Crippen LogP contribution in [-0.2, 0) is 16.0 Å². The number of hydrogen-bond acceptors (Lipinski definition) is 8. The molecule has 1 amide bonds. The van der Waals surface area contributed by atoms with Crippen LogP contribution in [0.15, 0.2) is 28.9 Å². The molecule has 1 aromatic heterocycles. The number of halogens is 1. The van der Waals surface area contributed by atoms with Crippen LogP contribution in [0.4, 0.5) is 23.1 Å². The van der Waals surface area contributed by atoms with Gasteiger partial charge in [-0.15, -0.1) is 0 Å². The Morgan fingerprint density at radius 2 is 2.00 bits per heavy atom. The molecule has 0 saturated carbocycles. The molecule has 2 fully saturated rings. The molecule has 9 nitrogen and oxygen atoms in total. The summed E-state index contributed by atoms with van der Waals surface area (Å²) in [7, 11) is 2.17. The van der Waals surface area contributed by atoms with Crippen molar-refractivity contribution in [1.29, 1.82) is 0 Å². The highest BCUT2D eigenvalue weighted by molar-refractivity contribution is 9.10. The van der Waals surface area contributed by atoms with Crippen molar-refractivity contribution in [2.75, 3.05) is 75.1 Å². The third-order valence-corrected chi connectivity index (χ3v) is 6.86. The van der Waals surface area contributed by atoms with Gasteiger partial charge in [0.05, 0.1) is 23.6 Å². The Kier molecular flexibility index (Phi) is 8.58. The first-order valence-corrected chi connectivity index (χ1v) is 12.8. The summed E-state index contributed by atoms with van der Waals surface area (Å²) in [5, 5.41) is 9.67. The molecular weight excluding hydrogens is 498 g/mol. The number of aryl methyl sites for hydroxylation is 1. The molecule has 10 heteroatoms. The first kappa shape index (κ1) is 24.7. The molecule has 3 N–H and O–H groups in total. The second-order valence-corrected chi connectivity index (χ2v) is 9.66. The highest BCUT2D eigenvalue weighted by Gasteiger charge is 2.25. The fourth-order valence-corrected chi connectivity index (χ4v) is 4.30. The van der Waals surface area contributed by atoms with Gasteiger partial charge >= 0.3 is 0 Å². The minimum absolute atomic E-state index is 0.0150. The van der Waals surface area contributed by atoms with E-state index in [1.54, 1.807) is 6.20 Å². The zero-order chi connectivity index (χ0) is 23.9. The van der Waals surface area contributed by atoms with E-state index in [1.807, 2.05) is 0 Å². The molecule has 2 aliphatic rings. The maximum absolute atomic E-state index is 11.9. The Hall–Kier alpha value is -2.43. The third-order valence-electron chi connectivity index (χ3n) is 6.28. The second-order valence-electron chi connectivity index (χ2n) is 8.81. The van der Waals surface area contributed by atoms with E-state index in [1.165, 1.54) is 11.3 Å². The van der Waals surface area contributed by atoms with Crippen LogP contribution in [0.3, 0.4) is 0 Å². The summed E-state index contributed by atoms with van der Waals surface area (Å²) in [6.07, 6.45) is 3.47. The number of ether oxygens (including phenoxy) is 1. The summed E-state index contributed by atoms with van der Waals surface area (Å²) in [5.74, 6) is 1.36. The van der Waals surface area contributed by atoms with E-state index in [0.29, 0.717) is 32.3 Å². The molecular formula is C24H34BrN7O2. The predicted molar refractivity (Wildman–Crippen MR) is 139 cm³/mol. The number of nitrogens with one attached hydrogen (secondary N) is 3. The van der Waals surface area contributed by atoms with E-state index in [2.05, 4.69) is 83.8 Å². The number of anilines is 4. The molecule has 0 bridgehead atoms. The number of nitrogens with zero attached hydrogens (tertiary/aromatic N) is 4. The number of benzene rings is 1. The third kappa shape index (κ3) is 6.37. The Morgan fingerprint density at radius 1 is 1.21 bits per heavy atom. The highest BCUT2D eigenvalue weighted by atomic mass is 79.9. The molecule has 184 valence electrons. The predicted octanol–water partition coefficient (Wildman–Crippen LogP) is 2.86. The quantitative estimate of drug-likeness (QED) is 0.403. The zero-order valence-electron chi connectivity index (χ0n) is 19.9. The van der Waals surface area contributed by atoms with E-state index in [4.69, 9.17) is 4.74 Å². The van der Waals surface area contributed by atoms with Gasteiger partial charge in [0.25, 0.3) is 0 Å². The van der Waals surface area contributed by atoms with Crippen LogP contribution in [0.25, 0.3) is 0 Å². The molecule has 2 aromatic rings. The van der Waals surface area contributed by atoms with Crippen molar-refractivity contribution < 1.29 is 9.53 Å². The highest BCUT2D eigenvalue weighted by Crippen LogP contribution is 2.28. The van der Waals surface area contributed by atoms with Gasteiger partial charge in [-0.05, 0) is 59.6 Å². The molecule has 0 radical (unpaired) electrons. The fraction of sp³-hybridized carbons (Fsp3) is 0.542. The van der Waals surface area contributed by atoms with Gasteiger partial charge in [0.2, 0.25) is 11.9 Å². The molecule has 3 heterocycles. The minimum atomic E-state index is 0.0150. The maximum atomic E-state index is 11.9. The van der Waals surface area contributed by atoms with Crippen LogP contribution in [0, 0.1) is 5.92 Å². The van der Waals surface area contributed by atoms with Crippen molar-refractivity contribution in [2.45, 2.75) is 19.8 Å². The molecule has 1 aromatic carbocycles. The first-order chi connectivity index (χ1) is 16.5. The number of piperazine rings is 1. The number of likely N-dealkylation sites (N-methyl/N-ethyl adjacent to an activating group) is 1. The average Bonchev–Trinajstić information content (AvgIpc) is 2.80. The van der Waals surface area contributed by atoms with E-state index < -0.39 is 0 Å². The van der Waals surface area contributed by atoms with Crippen molar-refractivity contribution in [3.05, 3.63) is 34.4 Å². The van der Waals surface area contributed by atoms with Gasteiger partial charge in [-0.3, -0.25) is 4.79 Å². The van der Waals surface area contributed by atoms with Gasteiger partial charge in [0.1, 0.15) is 5.82 Å². The molecule has 0 spiro atoms. The summed E-state index contributed by atoms with van der Waals surface area (Å²) in [6, 6.07) is 6.57. The minimum Gasteiger partial charge on any atom is -0.380 e. The van der Waals surface area contributed by atoms with Crippen LogP contribution < -0.4 is 20.9 Å². The van der Waals surface area contributed by atoms with Gasteiger partial charge in [-0.2, -0.15) is 4.98 Å². The van der Waals surface area contributed by atoms with E-state index >= 15 is 0 Å². The van der Waals surface area contributed by atoms with Crippen LogP contribution in [-0.4, -0.2) is 80.3 Å². The van der Waals surface area contributed by atoms with E-state index in [0.717, 1.165) is 55.0 Å². The lowest BCUT2D eigenvalue weighted by Crippen LogP contribution is -2.44.